The van der Waals surface area contributed by atoms with E-state index in [9.17, 15) is 0 Å². The first-order valence-electron chi connectivity index (χ1n) is 47.5. The van der Waals surface area contributed by atoms with Gasteiger partial charge in [0.25, 0.3) is 0 Å². The number of ether oxygens (including phenoxy) is 2. The third-order valence-corrected chi connectivity index (χ3v) is 40.7. The number of rotatable bonds is 12. The highest BCUT2D eigenvalue weighted by atomic mass is 32.1. The lowest BCUT2D eigenvalue weighted by Crippen LogP contribution is -2.79. The average molecular weight is 1810 g/mol. The molecule has 28 rings (SSSR count). The molecule has 0 unspecified atom stereocenters. The Bertz CT molecular complexity index is 8750. The van der Waals surface area contributed by atoms with Crippen molar-refractivity contribution in [2.45, 2.75) is 10.8 Å². The van der Waals surface area contributed by atoms with Gasteiger partial charge < -0.3 is 23.7 Å². The predicted octanol–water partition coefficient (Wildman–Crippen LogP) is 28.6. The molecular formula is C130H86N2O3SSi2. The highest BCUT2D eigenvalue weighted by Gasteiger charge is 2.60. The molecule has 2 spiro atoms. The van der Waals surface area contributed by atoms with Gasteiger partial charge in [0.05, 0.1) is 43.7 Å². The van der Waals surface area contributed by atoms with Gasteiger partial charge in [0.1, 0.15) is 22.7 Å². The molecule has 0 saturated heterocycles. The van der Waals surface area contributed by atoms with Gasteiger partial charge in [0.15, 0.2) is 27.6 Å². The molecule has 0 amide bonds. The maximum atomic E-state index is 7.50. The van der Waals surface area contributed by atoms with E-state index in [-0.39, 0.29) is 0 Å². The van der Waals surface area contributed by atoms with Crippen molar-refractivity contribution in [2.24, 2.45) is 0 Å². The normalized spacial score (nSPS) is 13.9. The van der Waals surface area contributed by atoms with E-state index in [1.807, 2.05) is 17.4 Å². The smallest absolute Gasteiger partial charge is 0.180 e. The Kier molecular flexibility index (Phi) is 18.9. The largest absolute Gasteiger partial charge is 0.456 e. The summed E-state index contributed by atoms with van der Waals surface area (Å²) in [6.07, 6.45) is 0. The second-order valence-electron chi connectivity index (χ2n) is 36.5. The molecule has 4 aliphatic heterocycles. The molecule has 4 aliphatic rings. The Morgan fingerprint density at radius 1 is 0.217 bits per heavy atom. The summed E-state index contributed by atoms with van der Waals surface area (Å²) in [6.45, 7) is 0. The molecule has 0 aliphatic carbocycles. The van der Waals surface area contributed by atoms with Gasteiger partial charge in [-0.1, -0.05) is 443 Å². The van der Waals surface area contributed by atoms with Gasteiger partial charge in [-0.3, -0.25) is 0 Å². The maximum absolute atomic E-state index is 7.50. The first-order chi connectivity index (χ1) is 68.5. The molecule has 22 aromatic carbocycles. The zero-order valence-corrected chi connectivity index (χ0v) is 78.0. The van der Waals surface area contributed by atoms with Gasteiger partial charge in [-0.15, -0.1) is 11.3 Å². The molecule has 0 saturated carbocycles. The first kappa shape index (κ1) is 80.6. The van der Waals surface area contributed by atoms with E-state index in [1.54, 1.807) is 0 Å². The van der Waals surface area contributed by atoms with Gasteiger partial charge in [0, 0.05) is 54.5 Å². The lowest BCUT2D eigenvalue weighted by atomic mass is 9.63. The van der Waals surface area contributed by atoms with E-state index >= 15 is 0 Å². The van der Waals surface area contributed by atoms with E-state index in [2.05, 4.69) is 525 Å². The molecule has 648 valence electrons. The Balaban J connectivity index is 0.000000139. The van der Waals surface area contributed by atoms with Crippen LogP contribution in [0.1, 0.15) is 44.5 Å². The average Bonchev–Trinajstić information content (AvgIpc) is 0.763. The van der Waals surface area contributed by atoms with Crippen LogP contribution in [-0.2, 0) is 10.8 Å². The van der Waals surface area contributed by atoms with Crippen molar-refractivity contribution < 1.29 is 13.9 Å². The molecule has 5 nitrogen and oxygen atoms in total. The zero-order valence-electron chi connectivity index (χ0n) is 75.2. The third-order valence-electron chi connectivity index (χ3n) is 29.7. The van der Waals surface area contributed by atoms with Crippen molar-refractivity contribution in [1.29, 1.82) is 0 Å². The monoisotopic (exact) mass is 1810 g/mol. The standard InChI is InChI=1S/C67H45NO2Si.C63H41NOSSi/c1-4-20-46(21-5-1)47-38-40-48(41-39-47)49-42-44-50(45-43-49)68(58-31-19-35-62-65(58)53-26-10-14-33-60(53)69-62)59-32-18-30-57-66(59)70-61-34-15-11-27-54(61)67(57)55-28-12-16-36-63(55)71(51-22-6-2-7-23-51,52-24-8-3-9-25-52)64-37-17-13-29-56(64)67;1-3-20-45(21-4-1)67(46-22-5-2-6-23-46)59-35-15-11-28-52(59)63(53-29-12-16-36-60(53)67)51-27-10-13-33-57(51)65-61-54(63)30-18-31-55(61)64(56-32-17-26-50-49-25-9-14-34-58(49)66-62(50)56)44-39-40-48-43(41-44)38-37-42-19-7-8-24-47(42)48/h1-45H;1-41H. The highest BCUT2D eigenvalue weighted by Crippen LogP contribution is 2.63. The molecule has 0 bridgehead atoms. The van der Waals surface area contributed by atoms with Gasteiger partial charge in [-0.05, 0) is 186 Å². The first-order valence-corrected chi connectivity index (χ1v) is 52.3. The number of thiophene rings is 1. The third kappa shape index (κ3) is 12.0. The van der Waals surface area contributed by atoms with E-state index in [1.165, 1.54) is 117 Å². The fourth-order valence-corrected chi connectivity index (χ4v) is 36.0. The van der Waals surface area contributed by atoms with Crippen molar-refractivity contribution in [1.82, 2.24) is 0 Å². The van der Waals surface area contributed by atoms with Gasteiger partial charge in [0.2, 0.25) is 0 Å². The Hall–Kier alpha value is -17.0. The van der Waals surface area contributed by atoms with Crippen LogP contribution in [0.3, 0.4) is 0 Å². The SMILES string of the molecule is c1ccc(-c2ccc(-c3ccc(N(c4cccc5c4Oc4ccccc4C54c5ccccc5[Si](c5ccccc5)(c5ccccc5)c5ccccc54)c4cccc5oc6ccccc6c45)cc3)cc2)cc1.c1ccc([Si]2(c3ccccc3)c3ccccc3C3(c4ccccc4Oc4c(N(c5ccc6c(ccc7ccccc76)c5)c5cccc6c5sc5ccccc56)cccc43)c3ccccc32)cc1. The number of para-hydroxylation sites is 5. The van der Waals surface area contributed by atoms with Crippen LogP contribution in [0, 0.1) is 0 Å². The molecule has 0 radical (unpaired) electrons. The van der Waals surface area contributed by atoms with Gasteiger partial charge in [-0.2, -0.15) is 0 Å². The lowest BCUT2D eigenvalue weighted by Gasteiger charge is -2.51. The Morgan fingerprint density at radius 2 is 0.565 bits per heavy atom. The van der Waals surface area contributed by atoms with Crippen LogP contribution >= 0.6 is 11.3 Å². The summed E-state index contributed by atoms with van der Waals surface area (Å²) in [7, 11) is -5.85. The molecule has 0 N–H and O–H groups in total. The van der Waals surface area contributed by atoms with E-state index in [0.717, 1.165) is 112 Å². The second-order valence-corrected chi connectivity index (χ2v) is 45.0. The second kappa shape index (κ2) is 32.4. The predicted molar refractivity (Wildman–Crippen MR) is 579 cm³/mol. The van der Waals surface area contributed by atoms with Gasteiger partial charge >= 0.3 is 0 Å². The quantitative estimate of drug-likeness (QED) is 0.0900. The van der Waals surface area contributed by atoms with Crippen molar-refractivity contribution >= 4 is 167 Å². The highest BCUT2D eigenvalue weighted by molar-refractivity contribution is 7.26. The molecule has 2 aromatic heterocycles. The van der Waals surface area contributed by atoms with Gasteiger partial charge in [-0.25, -0.2) is 0 Å². The number of benzene rings is 22. The molecule has 0 fully saturated rings. The summed E-state index contributed by atoms with van der Waals surface area (Å²) in [5, 5.41) is 20.6. The molecule has 6 heterocycles. The number of hydrogen-bond donors (Lipinski definition) is 0. The van der Waals surface area contributed by atoms with Crippen LogP contribution in [0.5, 0.6) is 23.0 Å². The van der Waals surface area contributed by atoms with Crippen LogP contribution in [0.25, 0.3) is 85.9 Å². The van der Waals surface area contributed by atoms with Crippen molar-refractivity contribution in [3.8, 4) is 45.3 Å². The minimum Gasteiger partial charge on any atom is -0.456 e. The fourth-order valence-electron chi connectivity index (χ4n) is 24.2. The van der Waals surface area contributed by atoms with Crippen LogP contribution in [0.2, 0.25) is 0 Å². The van der Waals surface area contributed by atoms with E-state index in [4.69, 9.17) is 13.9 Å². The molecule has 8 heteroatoms. The summed E-state index contributed by atoms with van der Waals surface area (Å²) in [6, 6.07) is 193. The summed E-state index contributed by atoms with van der Waals surface area (Å²) in [5.74, 6) is 3.38. The van der Waals surface area contributed by atoms with Crippen LogP contribution in [0.4, 0.5) is 34.1 Å². The number of nitrogens with zero attached hydrogens (tertiary/aromatic N) is 2. The van der Waals surface area contributed by atoms with E-state index < -0.39 is 27.0 Å². The summed E-state index contributed by atoms with van der Waals surface area (Å²) in [4.78, 5) is 4.86. The number of anilines is 6. The zero-order chi connectivity index (χ0) is 91.0. The summed E-state index contributed by atoms with van der Waals surface area (Å²) >= 11 is 1.86. The number of fused-ring (bicyclic) bond motifs is 25. The van der Waals surface area contributed by atoms with Crippen molar-refractivity contribution in [2.75, 3.05) is 9.80 Å². The van der Waals surface area contributed by atoms with E-state index in [0.29, 0.717) is 0 Å². The van der Waals surface area contributed by atoms with Crippen LogP contribution in [0.15, 0.2) is 526 Å². The van der Waals surface area contributed by atoms with Crippen molar-refractivity contribution in [3.63, 3.8) is 0 Å². The van der Waals surface area contributed by atoms with Crippen LogP contribution in [-0.4, -0.2) is 16.1 Å². The minimum atomic E-state index is -2.93. The number of furan rings is 1. The number of hydrogen-bond acceptors (Lipinski definition) is 6. The molecule has 0 atom stereocenters. The maximum Gasteiger partial charge on any atom is 0.180 e. The molecular weight excluding hydrogens is 1730 g/mol. The lowest BCUT2D eigenvalue weighted by molar-refractivity contribution is 0.436. The topological polar surface area (TPSA) is 38.1 Å². The molecule has 138 heavy (non-hydrogen) atoms. The van der Waals surface area contributed by atoms with Crippen molar-refractivity contribution in [3.05, 3.63) is 566 Å². The molecule has 24 aromatic rings. The minimum absolute atomic E-state index is 0.717. The Labute approximate surface area is 806 Å². The summed E-state index contributed by atoms with van der Waals surface area (Å²) in [5.41, 5.74) is 20.7. The fraction of sp³-hybridized carbons (Fsp3) is 0.0154. The summed E-state index contributed by atoms with van der Waals surface area (Å²) < 4.78 is 24.1. The Morgan fingerprint density at radius 3 is 1.09 bits per heavy atom. The van der Waals surface area contributed by atoms with Crippen LogP contribution < -0.4 is 60.8 Å².